The third kappa shape index (κ3) is 3.27. The number of hydrogen-bond acceptors (Lipinski definition) is 9. The second kappa shape index (κ2) is 8.28. The summed E-state index contributed by atoms with van der Waals surface area (Å²) in [5, 5.41) is 10.8. The number of anilines is 1. The van der Waals surface area contributed by atoms with Gasteiger partial charge < -0.3 is 21.5 Å². The van der Waals surface area contributed by atoms with E-state index in [-0.39, 0.29) is 24.3 Å². The largest absolute Gasteiger partial charge is 0.507 e. The van der Waals surface area contributed by atoms with Crippen LogP contribution in [0.1, 0.15) is 27.9 Å². The predicted molar refractivity (Wildman–Crippen MR) is 122 cm³/mol. The van der Waals surface area contributed by atoms with E-state index in [1.54, 1.807) is 25.1 Å². The number of ketones is 4. The number of likely N-dealkylation sites (N-methyl/N-ethyl adjacent to an activating group) is 1. The summed E-state index contributed by atoms with van der Waals surface area (Å²) in [5.41, 5.74) is 13.0. The standard InChI is InChI=1S/C24H30N4O6/c1-27(2)13-7-10(8-25)19(29)15-11(13)5-9-6-12-16(21(31)14(9)20(15)30)22(32)17(24(26)34)23(33)18(12)28(3)4/h7,9,12,14,16-18,29H,5-6,8,25H2,1-4H3,(H2,26,34)/t9?,12?,14?,16?,17?,18-/m1/s1. The van der Waals surface area contributed by atoms with Gasteiger partial charge in [-0.15, -0.1) is 0 Å². The molecule has 0 radical (unpaired) electrons. The molecule has 6 atom stereocenters. The van der Waals surface area contributed by atoms with E-state index >= 15 is 0 Å². The molecule has 5 unspecified atom stereocenters. The van der Waals surface area contributed by atoms with Crippen LogP contribution in [0.15, 0.2) is 6.07 Å². The highest BCUT2D eigenvalue weighted by atomic mass is 16.3. The lowest BCUT2D eigenvalue weighted by atomic mass is 9.54. The normalized spacial score (nSPS) is 30.6. The molecule has 1 aromatic rings. The molecule has 3 aliphatic rings. The second-order valence-electron chi connectivity index (χ2n) is 9.99. The fourth-order valence-corrected chi connectivity index (χ4v) is 6.28. The van der Waals surface area contributed by atoms with Crippen LogP contribution >= 0.6 is 0 Å². The molecule has 5 N–H and O–H groups in total. The van der Waals surface area contributed by atoms with Gasteiger partial charge in [0, 0.05) is 31.9 Å². The number of phenols is 1. The molecule has 3 aliphatic carbocycles. The van der Waals surface area contributed by atoms with E-state index in [2.05, 4.69) is 0 Å². The number of rotatable bonds is 4. The zero-order valence-corrected chi connectivity index (χ0v) is 19.7. The first-order chi connectivity index (χ1) is 15.9. The van der Waals surface area contributed by atoms with Crippen molar-refractivity contribution in [3.05, 3.63) is 22.8 Å². The zero-order chi connectivity index (χ0) is 25.2. The maximum absolute atomic E-state index is 13.7. The fraction of sp³-hybridized carbons (Fsp3) is 0.542. The minimum Gasteiger partial charge on any atom is -0.507 e. The van der Waals surface area contributed by atoms with Gasteiger partial charge >= 0.3 is 0 Å². The first kappa shape index (κ1) is 24.0. The number of fused-ring (bicyclic) bond motifs is 3. The lowest BCUT2D eigenvalue weighted by Gasteiger charge is -2.48. The topological polar surface area (TPSA) is 164 Å². The lowest BCUT2D eigenvalue weighted by molar-refractivity contribution is -0.157. The molecule has 0 aliphatic heterocycles. The van der Waals surface area contributed by atoms with Gasteiger partial charge in [-0.25, -0.2) is 0 Å². The molecule has 10 nitrogen and oxygen atoms in total. The summed E-state index contributed by atoms with van der Waals surface area (Å²) < 4.78 is 0. The molecule has 0 bridgehead atoms. The Morgan fingerprint density at radius 2 is 1.71 bits per heavy atom. The maximum Gasteiger partial charge on any atom is 0.235 e. The Bertz CT molecular complexity index is 1130. The number of primary amides is 1. The highest BCUT2D eigenvalue weighted by Gasteiger charge is 2.61. The van der Waals surface area contributed by atoms with E-state index in [0.717, 1.165) is 5.69 Å². The molecule has 1 aromatic carbocycles. The Balaban J connectivity index is 1.86. The van der Waals surface area contributed by atoms with Crippen molar-refractivity contribution in [3.63, 3.8) is 0 Å². The van der Waals surface area contributed by atoms with Gasteiger partial charge in [-0.2, -0.15) is 0 Å². The van der Waals surface area contributed by atoms with E-state index in [1.165, 1.54) is 0 Å². The minimum absolute atomic E-state index is 0.00534. The van der Waals surface area contributed by atoms with E-state index in [1.807, 2.05) is 19.0 Å². The van der Waals surface area contributed by atoms with E-state index in [9.17, 15) is 29.1 Å². The van der Waals surface area contributed by atoms with Gasteiger partial charge in [0.2, 0.25) is 5.91 Å². The lowest BCUT2D eigenvalue weighted by Crippen LogP contribution is -2.64. The SMILES string of the molecule is CN(C)c1cc(CN)c(O)c2c1CC1CC3C(C(=O)C(C(N)=O)C(=O)[C@@H]3N(C)C)C(=O)C1C2=O. The Morgan fingerprint density at radius 1 is 1.06 bits per heavy atom. The number of Topliss-reactive ketones (excluding diaryl/α,β-unsaturated/α-hetero) is 4. The molecule has 2 fully saturated rings. The quantitative estimate of drug-likeness (QED) is 0.482. The fourth-order valence-electron chi connectivity index (χ4n) is 6.28. The number of carbonyl (C=O) groups is 5. The van der Waals surface area contributed by atoms with Gasteiger partial charge in [-0.3, -0.25) is 28.9 Å². The molecule has 34 heavy (non-hydrogen) atoms. The number of phenolic OH excluding ortho intramolecular Hbond substituents is 1. The summed E-state index contributed by atoms with van der Waals surface area (Å²) in [6.45, 7) is 0.00534. The van der Waals surface area contributed by atoms with Crippen LogP contribution in [0.4, 0.5) is 5.69 Å². The molecule has 1 amide bonds. The minimum atomic E-state index is -1.71. The van der Waals surface area contributed by atoms with Gasteiger partial charge in [-0.05, 0) is 50.4 Å². The van der Waals surface area contributed by atoms with Crippen molar-refractivity contribution in [1.82, 2.24) is 4.90 Å². The summed E-state index contributed by atoms with van der Waals surface area (Å²) >= 11 is 0. The van der Waals surface area contributed by atoms with Gasteiger partial charge in [0.1, 0.15) is 5.75 Å². The first-order valence-electron chi connectivity index (χ1n) is 11.3. The van der Waals surface area contributed by atoms with Crippen LogP contribution < -0.4 is 16.4 Å². The monoisotopic (exact) mass is 470 g/mol. The third-order valence-corrected chi connectivity index (χ3v) is 7.66. The molecule has 0 heterocycles. The molecule has 10 heteroatoms. The van der Waals surface area contributed by atoms with Crippen molar-refractivity contribution in [3.8, 4) is 5.75 Å². The highest BCUT2D eigenvalue weighted by Crippen LogP contribution is 2.50. The van der Waals surface area contributed by atoms with Crippen LogP contribution in [0.3, 0.4) is 0 Å². The summed E-state index contributed by atoms with van der Waals surface area (Å²) in [6.07, 6.45) is 0.610. The Hall–Kier alpha value is -3.11. The Morgan fingerprint density at radius 3 is 2.24 bits per heavy atom. The molecular weight excluding hydrogens is 440 g/mol. The van der Waals surface area contributed by atoms with Crippen molar-refractivity contribution in [2.75, 3.05) is 33.1 Å². The summed E-state index contributed by atoms with van der Waals surface area (Å²) in [5.74, 6) is -9.13. The van der Waals surface area contributed by atoms with Gasteiger partial charge in [0.05, 0.1) is 23.4 Å². The van der Waals surface area contributed by atoms with Crippen LogP contribution in [-0.2, 0) is 32.1 Å². The molecule has 0 spiro atoms. The number of benzene rings is 1. The number of nitrogens with two attached hydrogens (primary N) is 2. The van der Waals surface area contributed by atoms with E-state index in [0.29, 0.717) is 17.5 Å². The van der Waals surface area contributed by atoms with E-state index < -0.39 is 64.7 Å². The summed E-state index contributed by atoms with van der Waals surface area (Å²) in [4.78, 5) is 69.1. The molecular formula is C24H30N4O6. The van der Waals surface area contributed by atoms with Crippen molar-refractivity contribution >= 4 is 34.7 Å². The van der Waals surface area contributed by atoms with Crippen LogP contribution in [0, 0.1) is 29.6 Å². The van der Waals surface area contributed by atoms with Crippen molar-refractivity contribution in [2.24, 2.45) is 41.1 Å². The number of hydrogen-bond donors (Lipinski definition) is 3. The van der Waals surface area contributed by atoms with Gasteiger partial charge in [0.25, 0.3) is 0 Å². The second-order valence-corrected chi connectivity index (χ2v) is 9.99. The van der Waals surface area contributed by atoms with Crippen molar-refractivity contribution < 1.29 is 29.1 Å². The molecule has 182 valence electrons. The maximum atomic E-state index is 13.7. The Labute approximate surface area is 197 Å². The first-order valence-corrected chi connectivity index (χ1v) is 11.3. The van der Waals surface area contributed by atoms with Crippen molar-refractivity contribution in [2.45, 2.75) is 25.4 Å². The van der Waals surface area contributed by atoms with Crippen LogP contribution in [0.25, 0.3) is 0 Å². The third-order valence-electron chi connectivity index (χ3n) is 7.66. The average Bonchev–Trinajstić information content (AvgIpc) is 2.72. The van der Waals surface area contributed by atoms with Gasteiger partial charge in [0.15, 0.2) is 29.1 Å². The molecule has 0 saturated heterocycles. The van der Waals surface area contributed by atoms with E-state index in [4.69, 9.17) is 11.5 Å². The van der Waals surface area contributed by atoms with Crippen LogP contribution in [0.5, 0.6) is 5.75 Å². The highest BCUT2D eigenvalue weighted by molar-refractivity contribution is 6.28. The molecule has 4 rings (SSSR count). The van der Waals surface area contributed by atoms with Crippen LogP contribution in [0.2, 0.25) is 0 Å². The number of nitrogens with zero attached hydrogens (tertiary/aromatic N) is 2. The van der Waals surface area contributed by atoms with Crippen molar-refractivity contribution in [1.29, 1.82) is 0 Å². The average molecular weight is 471 g/mol. The summed E-state index contributed by atoms with van der Waals surface area (Å²) in [7, 11) is 6.94. The zero-order valence-electron chi connectivity index (χ0n) is 19.7. The van der Waals surface area contributed by atoms with Crippen LogP contribution in [-0.4, -0.2) is 73.3 Å². The smallest absolute Gasteiger partial charge is 0.235 e. The Kier molecular flexibility index (Phi) is 5.85. The number of carbonyl (C=O) groups excluding carboxylic acids is 5. The predicted octanol–water partition coefficient (Wildman–Crippen LogP) is -0.723. The number of amides is 1. The van der Waals surface area contributed by atoms with Gasteiger partial charge in [-0.1, -0.05) is 0 Å². The summed E-state index contributed by atoms with van der Waals surface area (Å²) in [6, 6.07) is 0.895. The number of aromatic hydroxyl groups is 1. The molecule has 0 aromatic heterocycles. The molecule has 2 saturated carbocycles.